The highest BCUT2D eigenvalue weighted by atomic mass is 35.5. The van der Waals surface area contributed by atoms with Crippen molar-refractivity contribution in [2.45, 2.75) is 13.8 Å². The fraction of sp³-hybridized carbons (Fsp3) is 0.0909. The number of hydrogen-bond acceptors (Lipinski definition) is 4. The molecule has 0 bridgehead atoms. The lowest BCUT2D eigenvalue weighted by Gasteiger charge is -2.19. The molecule has 0 aliphatic carbocycles. The van der Waals surface area contributed by atoms with Crippen molar-refractivity contribution in [3.8, 4) is 0 Å². The summed E-state index contributed by atoms with van der Waals surface area (Å²) in [4.78, 5) is 43.3. The topological polar surface area (TPSA) is 79.4 Å². The van der Waals surface area contributed by atoms with Crippen LogP contribution < -0.4 is 10.2 Å². The zero-order valence-corrected chi connectivity index (χ0v) is 16.4. The molecule has 0 saturated carbocycles. The van der Waals surface area contributed by atoms with Crippen LogP contribution in [0.1, 0.15) is 42.3 Å². The summed E-state index contributed by atoms with van der Waals surface area (Å²) in [5.41, 5.74) is 3.09. The van der Waals surface area contributed by atoms with Crippen LogP contribution in [0.2, 0.25) is 5.02 Å². The average molecular weight is 406 g/mol. The van der Waals surface area contributed by atoms with Crippen molar-refractivity contribution in [3.63, 3.8) is 0 Å². The predicted molar refractivity (Wildman–Crippen MR) is 111 cm³/mol. The Bertz CT molecular complexity index is 1150. The lowest BCUT2D eigenvalue weighted by molar-refractivity contribution is 0.0924. The molecule has 1 aromatic heterocycles. The molecule has 0 saturated heterocycles. The van der Waals surface area contributed by atoms with Crippen LogP contribution in [0.4, 0.5) is 11.4 Å². The van der Waals surface area contributed by atoms with Gasteiger partial charge < -0.3 is 5.32 Å². The number of aromatic nitrogens is 1. The van der Waals surface area contributed by atoms with Gasteiger partial charge in [0.1, 0.15) is 5.69 Å². The number of nitrogens with zero attached hydrogens (tertiary/aromatic N) is 2. The fourth-order valence-electron chi connectivity index (χ4n) is 3.44. The summed E-state index contributed by atoms with van der Waals surface area (Å²) in [6.07, 6.45) is 1.53. The third-order valence-corrected chi connectivity index (χ3v) is 5.04. The highest BCUT2D eigenvalue weighted by Gasteiger charge is 2.39. The second kappa shape index (κ2) is 7.14. The summed E-state index contributed by atoms with van der Waals surface area (Å²) in [6, 6.07) is 13.4. The molecular formula is C22H16ClN3O3. The van der Waals surface area contributed by atoms with Gasteiger partial charge in [-0.1, -0.05) is 29.8 Å². The molecule has 0 fully saturated rings. The number of anilines is 2. The van der Waals surface area contributed by atoms with Crippen molar-refractivity contribution < 1.29 is 14.4 Å². The van der Waals surface area contributed by atoms with Crippen molar-refractivity contribution in [1.29, 1.82) is 0 Å². The SMILES string of the molecule is Cc1cccc2c1C(=O)N(c1c(C)cc(NC(=O)c3ccccn3)cc1Cl)C2=O. The molecule has 0 spiro atoms. The van der Waals surface area contributed by atoms with Crippen LogP contribution >= 0.6 is 11.6 Å². The summed E-state index contributed by atoms with van der Waals surface area (Å²) in [5, 5.41) is 2.92. The van der Waals surface area contributed by atoms with Crippen molar-refractivity contribution in [2.75, 3.05) is 10.2 Å². The van der Waals surface area contributed by atoms with Gasteiger partial charge in [-0.25, -0.2) is 4.90 Å². The quantitative estimate of drug-likeness (QED) is 0.655. The standard InChI is InChI=1S/C22H16ClN3O3/c1-12-6-5-7-15-18(12)22(29)26(21(15)28)19-13(2)10-14(11-16(19)23)25-20(27)17-8-3-4-9-24-17/h3-11H,1-2H3,(H,25,27). The molecule has 7 heteroatoms. The van der Waals surface area contributed by atoms with E-state index in [2.05, 4.69) is 10.3 Å². The number of aryl methyl sites for hydroxylation is 2. The molecule has 0 atom stereocenters. The molecule has 6 nitrogen and oxygen atoms in total. The van der Waals surface area contributed by atoms with Crippen molar-refractivity contribution in [2.24, 2.45) is 0 Å². The largest absolute Gasteiger partial charge is 0.321 e. The predicted octanol–water partition coefficient (Wildman–Crippen LogP) is 4.40. The molecular weight excluding hydrogens is 390 g/mol. The summed E-state index contributed by atoms with van der Waals surface area (Å²) in [5.74, 6) is -1.20. The minimum Gasteiger partial charge on any atom is -0.321 e. The highest BCUT2D eigenvalue weighted by molar-refractivity contribution is 6.40. The Labute approximate surface area is 172 Å². The van der Waals surface area contributed by atoms with Crippen LogP contribution in [0, 0.1) is 13.8 Å². The number of hydrogen-bond donors (Lipinski definition) is 1. The molecule has 2 aromatic carbocycles. The summed E-state index contributed by atoms with van der Waals surface area (Å²) in [6.45, 7) is 3.52. The van der Waals surface area contributed by atoms with Gasteiger partial charge in [0, 0.05) is 11.9 Å². The van der Waals surface area contributed by atoms with E-state index in [1.807, 2.05) is 0 Å². The third-order valence-electron chi connectivity index (χ3n) is 4.76. The lowest BCUT2D eigenvalue weighted by atomic mass is 10.0. The molecule has 3 aromatic rings. The monoisotopic (exact) mass is 405 g/mol. The van der Waals surface area contributed by atoms with Crippen LogP contribution in [-0.2, 0) is 0 Å². The molecule has 2 heterocycles. The van der Waals surface area contributed by atoms with Gasteiger partial charge in [-0.05, 0) is 55.3 Å². The zero-order chi connectivity index (χ0) is 20.7. The van der Waals surface area contributed by atoms with Gasteiger partial charge in [0.25, 0.3) is 17.7 Å². The van der Waals surface area contributed by atoms with Crippen LogP contribution in [0.25, 0.3) is 0 Å². The highest BCUT2D eigenvalue weighted by Crippen LogP contribution is 2.38. The number of amides is 3. The number of fused-ring (bicyclic) bond motifs is 1. The van der Waals surface area contributed by atoms with E-state index in [4.69, 9.17) is 11.6 Å². The first-order chi connectivity index (χ1) is 13.9. The molecule has 4 rings (SSSR count). The maximum Gasteiger partial charge on any atom is 0.274 e. The Hall–Kier alpha value is -3.51. The molecule has 3 amide bonds. The van der Waals surface area contributed by atoms with Gasteiger partial charge in [-0.2, -0.15) is 0 Å². The molecule has 0 radical (unpaired) electrons. The van der Waals surface area contributed by atoms with E-state index < -0.39 is 11.8 Å². The third kappa shape index (κ3) is 3.17. The Morgan fingerprint density at radius 1 is 1.00 bits per heavy atom. The Balaban J connectivity index is 1.69. The maximum absolute atomic E-state index is 12.9. The molecule has 144 valence electrons. The van der Waals surface area contributed by atoms with E-state index in [1.165, 1.54) is 12.3 Å². The minimum atomic E-state index is -0.413. The Kier molecular flexibility index (Phi) is 4.64. The van der Waals surface area contributed by atoms with Gasteiger partial charge >= 0.3 is 0 Å². The zero-order valence-electron chi connectivity index (χ0n) is 15.7. The lowest BCUT2D eigenvalue weighted by Crippen LogP contribution is -2.30. The minimum absolute atomic E-state index is 0.188. The first kappa shape index (κ1) is 18.8. The van der Waals surface area contributed by atoms with Crippen LogP contribution in [0.15, 0.2) is 54.7 Å². The van der Waals surface area contributed by atoms with Crippen molar-refractivity contribution in [1.82, 2.24) is 4.98 Å². The van der Waals surface area contributed by atoms with Crippen LogP contribution in [0.3, 0.4) is 0 Å². The first-order valence-electron chi connectivity index (χ1n) is 8.89. The number of benzene rings is 2. The molecule has 1 N–H and O–H groups in total. The van der Waals surface area contributed by atoms with Crippen LogP contribution in [-0.4, -0.2) is 22.7 Å². The second-order valence-corrected chi connectivity index (χ2v) is 7.14. The molecule has 0 unspecified atom stereocenters. The fourth-order valence-corrected chi connectivity index (χ4v) is 3.79. The normalized spacial score (nSPS) is 12.9. The summed E-state index contributed by atoms with van der Waals surface area (Å²) < 4.78 is 0. The van der Waals surface area contributed by atoms with Gasteiger partial charge in [-0.3, -0.25) is 19.4 Å². The van der Waals surface area contributed by atoms with Gasteiger partial charge in [0.15, 0.2) is 0 Å². The van der Waals surface area contributed by atoms with Gasteiger partial charge in [0.2, 0.25) is 0 Å². The first-order valence-corrected chi connectivity index (χ1v) is 9.27. The number of pyridine rings is 1. The molecule has 1 aliphatic rings. The van der Waals surface area contributed by atoms with E-state index in [1.54, 1.807) is 56.3 Å². The smallest absolute Gasteiger partial charge is 0.274 e. The van der Waals surface area contributed by atoms with E-state index in [0.29, 0.717) is 28.1 Å². The van der Waals surface area contributed by atoms with Crippen molar-refractivity contribution >= 4 is 40.7 Å². The van der Waals surface area contributed by atoms with E-state index >= 15 is 0 Å². The van der Waals surface area contributed by atoms with Crippen molar-refractivity contribution in [3.05, 3.63) is 87.7 Å². The number of rotatable bonds is 3. The van der Waals surface area contributed by atoms with Gasteiger partial charge in [-0.15, -0.1) is 0 Å². The Morgan fingerprint density at radius 2 is 1.79 bits per heavy atom. The average Bonchev–Trinajstić information content (AvgIpc) is 2.94. The second-order valence-electron chi connectivity index (χ2n) is 6.74. The van der Waals surface area contributed by atoms with E-state index in [-0.39, 0.29) is 16.6 Å². The number of carbonyl (C=O) groups excluding carboxylic acids is 3. The molecule has 29 heavy (non-hydrogen) atoms. The van der Waals surface area contributed by atoms with Gasteiger partial charge in [0.05, 0.1) is 21.8 Å². The van der Waals surface area contributed by atoms with E-state index in [9.17, 15) is 14.4 Å². The maximum atomic E-state index is 12.9. The summed E-state index contributed by atoms with van der Waals surface area (Å²) >= 11 is 6.44. The summed E-state index contributed by atoms with van der Waals surface area (Å²) in [7, 11) is 0. The number of carbonyl (C=O) groups is 3. The van der Waals surface area contributed by atoms with Crippen LogP contribution in [0.5, 0.6) is 0 Å². The molecule has 1 aliphatic heterocycles. The number of imide groups is 1. The number of halogens is 1. The number of nitrogens with one attached hydrogen (secondary N) is 1. The van der Waals surface area contributed by atoms with E-state index in [0.717, 1.165) is 10.5 Å². The Morgan fingerprint density at radius 3 is 2.45 bits per heavy atom.